The standard InChI is InChI=1S/C13H18BrNO2/c1-4-17-6-5-12(16)15-13-10(3)7-9(2)8-11(13)14/h7-8H,4-6H2,1-3H3,(H,15,16). The molecule has 1 N–H and O–H groups in total. The molecule has 0 fully saturated rings. The normalized spacial score (nSPS) is 10.4. The van der Waals surface area contributed by atoms with Crippen molar-refractivity contribution in [3.05, 3.63) is 27.7 Å². The summed E-state index contributed by atoms with van der Waals surface area (Å²) in [5.41, 5.74) is 3.07. The third kappa shape index (κ3) is 4.48. The van der Waals surface area contributed by atoms with Crippen LogP contribution in [0.15, 0.2) is 16.6 Å². The van der Waals surface area contributed by atoms with Gasteiger partial charge in [-0.1, -0.05) is 6.07 Å². The fraction of sp³-hybridized carbons (Fsp3) is 0.462. The van der Waals surface area contributed by atoms with E-state index in [1.807, 2.05) is 32.9 Å². The van der Waals surface area contributed by atoms with Crippen LogP contribution in [0, 0.1) is 13.8 Å². The van der Waals surface area contributed by atoms with Crippen LogP contribution in [0.3, 0.4) is 0 Å². The largest absolute Gasteiger partial charge is 0.381 e. The Morgan fingerprint density at radius 2 is 2.12 bits per heavy atom. The van der Waals surface area contributed by atoms with Gasteiger partial charge in [-0.25, -0.2) is 0 Å². The van der Waals surface area contributed by atoms with Crippen molar-refractivity contribution < 1.29 is 9.53 Å². The average Bonchev–Trinajstić information content (AvgIpc) is 2.24. The van der Waals surface area contributed by atoms with E-state index in [-0.39, 0.29) is 5.91 Å². The smallest absolute Gasteiger partial charge is 0.226 e. The lowest BCUT2D eigenvalue weighted by Crippen LogP contribution is -2.15. The summed E-state index contributed by atoms with van der Waals surface area (Å²) in [7, 11) is 0. The van der Waals surface area contributed by atoms with Gasteiger partial charge in [0.25, 0.3) is 0 Å². The van der Waals surface area contributed by atoms with Crippen molar-refractivity contribution in [3.8, 4) is 0 Å². The molecule has 4 heteroatoms. The van der Waals surface area contributed by atoms with Crippen LogP contribution in [0.2, 0.25) is 0 Å². The van der Waals surface area contributed by atoms with Crippen molar-refractivity contribution in [1.82, 2.24) is 0 Å². The Kier molecular flexibility index (Phi) is 5.65. The molecule has 0 spiro atoms. The zero-order valence-corrected chi connectivity index (χ0v) is 12.1. The lowest BCUT2D eigenvalue weighted by atomic mass is 10.1. The number of ether oxygens (including phenoxy) is 1. The molecule has 1 rings (SSSR count). The summed E-state index contributed by atoms with van der Waals surface area (Å²) < 4.78 is 6.07. The Morgan fingerprint density at radius 3 is 2.71 bits per heavy atom. The minimum Gasteiger partial charge on any atom is -0.381 e. The van der Waals surface area contributed by atoms with Crippen LogP contribution in [-0.2, 0) is 9.53 Å². The van der Waals surface area contributed by atoms with Crippen molar-refractivity contribution >= 4 is 27.5 Å². The molecule has 3 nitrogen and oxygen atoms in total. The van der Waals surface area contributed by atoms with Crippen LogP contribution in [-0.4, -0.2) is 19.1 Å². The van der Waals surface area contributed by atoms with Crippen molar-refractivity contribution in [2.45, 2.75) is 27.2 Å². The van der Waals surface area contributed by atoms with E-state index < -0.39 is 0 Å². The Hall–Kier alpha value is -0.870. The first-order valence-corrected chi connectivity index (χ1v) is 6.48. The number of carbonyl (C=O) groups excluding carboxylic acids is 1. The maximum atomic E-state index is 11.7. The molecule has 0 radical (unpaired) electrons. The number of nitrogens with one attached hydrogen (secondary N) is 1. The number of amides is 1. The van der Waals surface area contributed by atoms with Crippen molar-refractivity contribution in [3.63, 3.8) is 0 Å². The van der Waals surface area contributed by atoms with E-state index in [1.165, 1.54) is 5.56 Å². The van der Waals surface area contributed by atoms with Gasteiger partial charge in [0.2, 0.25) is 5.91 Å². The highest BCUT2D eigenvalue weighted by atomic mass is 79.9. The van der Waals surface area contributed by atoms with Gasteiger partial charge in [-0.15, -0.1) is 0 Å². The third-order valence-electron chi connectivity index (χ3n) is 2.37. The molecule has 0 saturated carbocycles. The van der Waals surface area contributed by atoms with Gasteiger partial charge in [0.05, 0.1) is 18.7 Å². The Balaban J connectivity index is 2.65. The maximum Gasteiger partial charge on any atom is 0.226 e. The molecular weight excluding hydrogens is 282 g/mol. The number of anilines is 1. The van der Waals surface area contributed by atoms with E-state index in [9.17, 15) is 4.79 Å². The SMILES string of the molecule is CCOCCC(=O)Nc1c(C)cc(C)cc1Br. The molecule has 0 aromatic heterocycles. The minimum atomic E-state index is -0.0221. The van der Waals surface area contributed by atoms with Gasteiger partial charge >= 0.3 is 0 Å². The molecule has 94 valence electrons. The van der Waals surface area contributed by atoms with Crippen molar-refractivity contribution in [2.75, 3.05) is 18.5 Å². The lowest BCUT2D eigenvalue weighted by Gasteiger charge is -2.11. The van der Waals surface area contributed by atoms with Gasteiger partial charge in [-0.2, -0.15) is 0 Å². The van der Waals surface area contributed by atoms with Gasteiger partial charge < -0.3 is 10.1 Å². The fourth-order valence-corrected chi connectivity index (χ4v) is 2.36. The van der Waals surface area contributed by atoms with Crippen LogP contribution in [0.4, 0.5) is 5.69 Å². The van der Waals surface area contributed by atoms with E-state index in [1.54, 1.807) is 0 Å². The van der Waals surface area contributed by atoms with Crippen LogP contribution in [0.5, 0.6) is 0 Å². The summed E-state index contributed by atoms with van der Waals surface area (Å²) >= 11 is 3.46. The number of benzene rings is 1. The molecule has 0 heterocycles. The van der Waals surface area contributed by atoms with Crippen LogP contribution >= 0.6 is 15.9 Å². The number of rotatable bonds is 5. The number of halogens is 1. The third-order valence-corrected chi connectivity index (χ3v) is 3.00. The molecule has 1 aromatic carbocycles. The van der Waals surface area contributed by atoms with Gasteiger partial charge in [0.15, 0.2) is 0 Å². The summed E-state index contributed by atoms with van der Waals surface area (Å²) in [6.07, 6.45) is 0.383. The van der Waals surface area contributed by atoms with Gasteiger partial charge in [-0.3, -0.25) is 4.79 Å². The second-order valence-corrected chi connectivity index (χ2v) is 4.79. The summed E-state index contributed by atoms with van der Waals surface area (Å²) in [5, 5.41) is 2.90. The summed E-state index contributed by atoms with van der Waals surface area (Å²) in [6.45, 7) is 7.03. The highest BCUT2D eigenvalue weighted by Gasteiger charge is 2.08. The molecular formula is C13H18BrNO2. The molecule has 1 amide bonds. The molecule has 17 heavy (non-hydrogen) atoms. The summed E-state index contributed by atoms with van der Waals surface area (Å²) in [6, 6.07) is 4.04. The number of carbonyl (C=O) groups is 1. The van der Waals surface area contributed by atoms with E-state index in [0.717, 1.165) is 15.7 Å². The Morgan fingerprint density at radius 1 is 1.41 bits per heavy atom. The topological polar surface area (TPSA) is 38.3 Å². The maximum absolute atomic E-state index is 11.7. The van der Waals surface area contributed by atoms with E-state index >= 15 is 0 Å². The number of aryl methyl sites for hydroxylation is 2. The summed E-state index contributed by atoms with van der Waals surface area (Å²) in [5.74, 6) is -0.0221. The second kappa shape index (κ2) is 6.77. The van der Waals surface area contributed by atoms with Crippen LogP contribution < -0.4 is 5.32 Å². The summed E-state index contributed by atoms with van der Waals surface area (Å²) in [4.78, 5) is 11.7. The minimum absolute atomic E-state index is 0.0221. The first-order chi connectivity index (χ1) is 8.04. The van der Waals surface area contributed by atoms with Gasteiger partial charge in [0, 0.05) is 11.1 Å². The molecule has 0 bridgehead atoms. The van der Waals surface area contributed by atoms with E-state index in [2.05, 4.69) is 21.2 Å². The highest BCUT2D eigenvalue weighted by Crippen LogP contribution is 2.27. The quantitative estimate of drug-likeness (QED) is 0.846. The predicted octanol–water partition coefficient (Wildman–Crippen LogP) is 3.43. The monoisotopic (exact) mass is 299 g/mol. The first kappa shape index (κ1) is 14.2. The molecule has 0 atom stereocenters. The molecule has 0 aliphatic carbocycles. The fourth-order valence-electron chi connectivity index (χ4n) is 1.59. The first-order valence-electron chi connectivity index (χ1n) is 5.69. The average molecular weight is 300 g/mol. The van der Waals surface area contributed by atoms with E-state index in [0.29, 0.717) is 19.6 Å². The van der Waals surface area contributed by atoms with Gasteiger partial charge in [0.1, 0.15) is 0 Å². The highest BCUT2D eigenvalue weighted by molar-refractivity contribution is 9.10. The van der Waals surface area contributed by atoms with Gasteiger partial charge in [-0.05, 0) is 53.9 Å². The number of hydrogen-bond donors (Lipinski definition) is 1. The second-order valence-electron chi connectivity index (χ2n) is 3.93. The molecule has 0 saturated heterocycles. The zero-order chi connectivity index (χ0) is 12.8. The zero-order valence-electron chi connectivity index (χ0n) is 10.5. The van der Waals surface area contributed by atoms with Crippen LogP contribution in [0.1, 0.15) is 24.5 Å². The van der Waals surface area contributed by atoms with Crippen molar-refractivity contribution in [1.29, 1.82) is 0 Å². The van der Waals surface area contributed by atoms with E-state index in [4.69, 9.17) is 4.74 Å². The Labute approximate surface area is 111 Å². The lowest BCUT2D eigenvalue weighted by molar-refractivity contribution is -0.117. The molecule has 0 aliphatic rings. The van der Waals surface area contributed by atoms with Crippen molar-refractivity contribution in [2.24, 2.45) is 0 Å². The molecule has 0 unspecified atom stereocenters. The van der Waals surface area contributed by atoms with Crippen LogP contribution in [0.25, 0.3) is 0 Å². The number of hydrogen-bond acceptors (Lipinski definition) is 2. The molecule has 0 aliphatic heterocycles. The Bertz CT molecular complexity index is 381. The predicted molar refractivity (Wildman–Crippen MR) is 73.4 cm³/mol. The molecule has 1 aromatic rings.